The van der Waals surface area contributed by atoms with Gasteiger partial charge in [-0.15, -0.1) is 0 Å². The molecule has 1 aliphatic heterocycles. The number of anilines is 1. The van der Waals surface area contributed by atoms with Crippen molar-refractivity contribution in [1.82, 2.24) is 19.5 Å². The van der Waals surface area contributed by atoms with Gasteiger partial charge in [-0.05, 0) is 68.7 Å². The van der Waals surface area contributed by atoms with Crippen LogP contribution in [0.25, 0.3) is 50.5 Å². The van der Waals surface area contributed by atoms with Gasteiger partial charge < -0.3 is 4.90 Å². The molecule has 0 radical (unpaired) electrons. The molecule has 5 heteroatoms. The summed E-state index contributed by atoms with van der Waals surface area (Å²) in [5, 5.41) is 2.38. The molecule has 6 aromatic rings. The highest BCUT2D eigenvalue weighted by Crippen LogP contribution is 2.43. The average Bonchev–Trinajstić information content (AvgIpc) is 3.35. The number of hydrogen-bond donors (Lipinski definition) is 0. The zero-order valence-corrected chi connectivity index (χ0v) is 24.2. The highest BCUT2D eigenvalue weighted by Gasteiger charge is 2.38. The lowest BCUT2D eigenvalue weighted by atomic mass is 9.72. The molecule has 2 aromatic heterocycles. The zero-order chi connectivity index (χ0) is 28.2. The van der Waals surface area contributed by atoms with E-state index in [1.54, 1.807) is 0 Å². The Bertz CT molecular complexity index is 1850. The third-order valence-electron chi connectivity index (χ3n) is 9.40. The van der Waals surface area contributed by atoms with E-state index < -0.39 is 0 Å². The second kappa shape index (κ2) is 10.1. The van der Waals surface area contributed by atoms with Crippen molar-refractivity contribution < 1.29 is 0 Å². The number of nitrogens with zero attached hydrogens (tertiary/aromatic N) is 5. The summed E-state index contributed by atoms with van der Waals surface area (Å²) in [6.07, 6.45) is 5.23. The Morgan fingerprint density at radius 2 is 1.24 bits per heavy atom. The number of aromatic nitrogens is 4. The molecule has 0 amide bonds. The van der Waals surface area contributed by atoms with Crippen molar-refractivity contribution in [2.45, 2.75) is 51.6 Å². The minimum atomic E-state index is 0.530. The first-order valence-corrected chi connectivity index (χ1v) is 15.3. The lowest BCUT2D eigenvalue weighted by Gasteiger charge is -2.50. The molecule has 2 fully saturated rings. The van der Waals surface area contributed by atoms with Gasteiger partial charge in [-0.25, -0.2) is 4.98 Å². The molecule has 42 heavy (non-hydrogen) atoms. The molecule has 208 valence electrons. The third kappa shape index (κ3) is 4.27. The van der Waals surface area contributed by atoms with Gasteiger partial charge in [0, 0.05) is 39.7 Å². The van der Waals surface area contributed by atoms with Crippen LogP contribution in [-0.2, 0) is 0 Å². The molecule has 4 unspecified atom stereocenters. The maximum absolute atomic E-state index is 5.17. The number of hydrogen-bond acceptors (Lipinski definition) is 4. The van der Waals surface area contributed by atoms with E-state index in [-0.39, 0.29) is 0 Å². The van der Waals surface area contributed by atoms with Gasteiger partial charge in [0.25, 0.3) is 0 Å². The van der Waals surface area contributed by atoms with Crippen molar-refractivity contribution in [3.05, 3.63) is 103 Å². The van der Waals surface area contributed by atoms with E-state index in [2.05, 4.69) is 108 Å². The van der Waals surface area contributed by atoms with Gasteiger partial charge >= 0.3 is 0 Å². The van der Waals surface area contributed by atoms with Gasteiger partial charge in [0.1, 0.15) is 0 Å². The van der Waals surface area contributed by atoms with E-state index in [1.807, 2.05) is 18.2 Å². The molecular formula is C37H35N5. The normalized spacial score (nSPS) is 22.1. The van der Waals surface area contributed by atoms with Crippen molar-refractivity contribution in [3.8, 4) is 28.7 Å². The molecule has 5 nitrogen and oxygen atoms in total. The van der Waals surface area contributed by atoms with Crippen molar-refractivity contribution in [3.63, 3.8) is 0 Å². The number of piperidine rings is 1. The Morgan fingerprint density at radius 3 is 1.98 bits per heavy atom. The average molecular weight is 550 g/mol. The van der Waals surface area contributed by atoms with Crippen LogP contribution in [0.2, 0.25) is 0 Å². The monoisotopic (exact) mass is 549 g/mol. The Hall–Kier alpha value is -4.51. The summed E-state index contributed by atoms with van der Waals surface area (Å²) in [6, 6.07) is 37.3. The first-order valence-electron chi connectivity index (χ1n) is 15.3. The molecular weight excluding hydrogens is 514 g/mol. The summed E-state index contributed by atoms with van der Waals surface area (Å²) in [4.78, 5) is 18.0. The first kappa shape index (κ1) is 25.2. The van der Waals surface area contributed by atoms with Crippen LogP contribution in [0.15, 0.2) is 103 Å². The van der Waals surface area contributed by atoms with E-state index in [1.165, 1.54) is 42.1 Å². The van der Waals surface area contributed by atoms with E-state index in [0.29, 0.717) is 29.7 Å². The molecule has 3 heterocycles. The van der Waals surface area contributed by atoms with Gasteiger partial charge in [0.15, 0.2) is 11.6 Å². The van der Waals surface area contributed by atoms with E-state index >= 15 is 0 Å². The third-order valence-corrected chi connectivity index (χ3v) is 9.40. The zero-order valence-electron chi connectivity index (χ0n) is 24.2. The molecule has 4 aromatic carbocycles. The fourth-order valence-electron chi connectivity index (χ4n) is 7.80. The summed E-state index contributed by atoms with van der Waals surface area (Å²) in [5.41, 5.74) is 5.45. The van der Waals surface area contributed by atoms with Gasteiger partial charge in [-0.2, -0.15) is 9.97 Å². The smallest absolute Gasteiger partial charge is 0.238 e. The van der Waals surface area contributed by atoms with Crippen LogP contribution >= 0.6 is 0 Å². The Balaban J connectivity index is 1.30. The second-order valence-electron chi connectivity index (χ2n) is 12.4. The van der Waals surface area contributed by atoms with E-state index in [9.17, 15) is 0 Å². The molecule has 0 spiro atoms. The lowest BCUT2D eigenvalue weighted by Crippen LogP contribution is -2.51. The maximum atomic E-state index is 5.17. The molecule has 4 atom stereocenters. The highest BCUT2D eigenvalue weighted by molar-refractivity contribution is 6.08. The number of para-hydroxylation sites is 2. The van der Waals surface area contributed by atoms with Crippen molar-refractivity contribution >= 4 is 27.5 Å². The minimum absolute atomic E-state index is 0.530. The summed E-state index contributed by atoms with van der Waals surface area (Å²) in [5.74, 6) is 3.66. The molecule has 1 saturated heterocycles. The first-order chi connectivity index (χ1) is 20.6. The van der Waals surface area contributed by atoms with Gasteiger partial charge in [0.05, 0.1) is 11.0 Å². The number of benzene rings is 4. The Kier molecular flexibility index (Phi) is 6.06. The molecule has 1 aliphatic carbocycles. The van der Waals surface area contributed by atoms with Crippen molar-refractivity contribution in [1.29, 1.82) is 0 Å². The number of fused-ring (bicyclic) bond motifs is 5. The molecule has 8 rings (SSSR count). The van der Waals surface area contributed by atoms with Crippen LogP contribution in [0.3, 0.4) is 0 Å². The summed E-state index contributed by atoms with van der Waals surface area (Å²) in [7, 11) is 0. The Morgan fingerprint density at radius 1 is 0.595 bits per heavy atom. The molecule has 1 saturated carbocycles. The number of rotatable bonds is 4. The predicted molar refractivity (Wildman–Crippen MR) is 172 cm³/mol. The van der Waals surface area contributed by atoms with Crippen LogP contribution in [0.1, 0.15) is 39.5 Å². The second-order valence-corrected chi connectivity index (χ2v) is 12.4. The standard InChI is InChI=1S/C37H35N5/c1-24-19-26-21-25(2)41(30(20-24)22-26)29-14-10-13-28(23-29)36-38-35(27-11-4-3-5-12-27)39-37(40-36)42-33-17-8-6-15-31(33)32-16-7-9-18-34(32)42/h3-18,23-26,30H,19-22H2,1-2H3. The summed E-state index contributed by atoms with van der Waals surface area (Å²) < 4.78 is 2.18. The topological polar surface area (TPSA) is 46.8 Å². The van der Waals surface area contributed by atoms with Crippen LogP contribution in [0.4, 0.5) is 5.69 Å². The maximum Gasteiger partial charge on any atom is 0.238 e. The fourth-order valence-corrected chi connectivity index (χ4v) is 7.80. The largest absolute Gasteiger partial charge is 0.366 e. The van der Waals surface area contributed by atoms with E-state index in [0.717, 1.165) is 34.0 Å². The van der Waals surface area contributed by atoms with Gasteiger partial charge in [-0.1, -0.05) is 85.8 Å². The van der Waals surface area contributed by atoms with Crippen molar-refractivity contribution in [2.75, 3.05) is 4.90 Å². The molecule has 2 bridgehead atoms. The Labute approximate surface area is 246 Å². The summed E-state index contributed by atoms with van der Waals surface area (Å²) in [6.45, 7) is 4.83. The lowest BCUT2D eigenvalue weighted by molar-refractivity contribution is 0.179. The quantitative estimate of drug-likeness (QED) is 0.221. The molecule has 2 aliphatic rings. The van der Waals surface area contributed by atoms with Gasteiger partial charge in [0.2, 0.25) is 5.95 Å². The van der Waals surface area contributed by atoms with Crippen LogP contribution in [0, 0.1) is 11.8 Å². The van der Waals surface area contributed by atoms with Crippen LogP contribution in [-0.4, -0.2) is 31.6 Å². The van der Waals surface area contributed by atoms with Gasteiger partial charge in [-0.3, -0.25) is 4.57 Å². The van der Waals surface area contributed by atoms with Crippen molar-refractivity contribution in [2.24, 2.45) is 11.8 Å². The fraction of sp³-hybridized carbons (Fsp3) is 0.270. The van der Waals surface area contributed by atoms with E-state index in [4.69, 9.17) is 15.0 Å². The highest BCUT2D eigenvalue weighted by atomic mass is 15.2. The predicted octanol–water partition coefficient (Wildman–Crippen LogP) is 8.71. The van der Waals surface area contributed by atoms with Crippen LogP contribution in [0.5, 0.6) is 0 Å². The summed E-state index contributed by atoms with van der Waals surface area (Å²) >= 11 is 0. The SMILES string of the molecule is CC1CC2CC(C)N(c3cccc(-c4nc(-c5ccccc5)nc(-n5c6ccccc6c6ccccc65)n4)c3)C(C1)C2. The van der Waals surface area contributed by atoms with Crippen LogP contribution < -0.4 is 4.90 Å². The molecule has 0 N–H and O–H groups in total. The minimum Gasteiger partial charge on any atom is -0.366 e.